The van der Waals surface area contributed by atoms with E-state index in [2.05, 4.69) is 21.9 Å². The molecule has 2 atom stereocenters. The van der Waals surface area contributed by atoms with Gasteiger partial charge >= 0.3 is 0 Å². The molecule has 41 heavy (non-hydrogen) atoms. The highest BCUT2D eigenvalue weighted by molar-refractivity contribution is 6.00. The monoisotopic (exact) mass is 548 g/mol. The second kappa shape index (κ2) is 7.81. The molecular weight excluding hydrogens is 528 g/mol. The van der Waals surface area contributed by atoms with E-state index in [0.29, 0.717) is 11.4 Å². The molecular formula is C33H20F4N4. The van der Waals surface area contributed by atoms with Gasteiger partial charge in [-0.1, -0.05) is 30.3 Å². The second-order valence-corrected chi connectivity index (χ2v) is 10.8. The van der Waals surface area contributed by atoms with Crippen molar-refractivity contribution in [1.29, 1.82) is 0 Å². The molecule has 4 heterocycles. The highest BCUT2D eigenvalue weighted by Crippen LogP contribution is 2.67. The molecule has 0 saturated heterocycles. The minimum Gasteiger partial charge on any atom is -0.317 e. The molecule has 4 aliphatic heterocycles. The lowest BCUT2D eigenvalue weighted by atomic mass is 9.96. The van der Waals surface area contributed by atoms with Crippen LogP contribution in [0.4, 0.5) is 63.1 Å². The fraction of sp³-hybridized carbons (Fsp3) is 0.0909. The van der Waals surface area contributed by atoms with Crippen molar-refractivity contribution in [2.24, 2.45) is 0 Å². The SMILES string of the molecule is Fc1cc(F)cc(N2c3ccccc3N3c4cccc5c4C(C23)C2N(c3cc(F)cc(F)c3)c3ccccc3N52)c1. The molecule has 4 nitrogen and oxygen atoms in total. The number of fused-ring (bicyclic) bond motifs is 10. The average molecular weight is 549 g/mol. The normalized spacial score (nSPS) is 20.7. The van der Waals surface area contributed by atoms with Crippen molar-refractivity contribution in [2.45, 2.75) is 18.2 Å². The van der Waals surface area contributed by atoms with Gasteiger partial charge in [-0.05, 0) is 60.7 Å². The number of nitrogens with zero attached hydrogens (tertiary/aromatic N) is 4. The minimum absolute atomic E-state index is 0.251. The van der Waals surface area contributed by atoms with Crippen LogP contribution in [0.2, 0.25) is 0 Å². The zero-order chi connectivity index (χ0) is 27.6. The van der Waals surface area contributed by atoms with Gasteiger partial charge in [-0.3, -0.25) is 0 Å². The van der Waals surface area contributed by atoms with E-state index < -0.39 is 35.6 Å². The molecule has 200 valence electrons. The summed E-state index contributed by atoms with van der Waals surface area (Å²) >= 11 is 0. The molecule has 0 fully saturated rings. The smallest absolute Gasteiger partial charge is 0.128 e. The third-order valence-corrected chi connectivity index (χ3v) is 8.67. The van der Waals surface area contributed by atoms with Crippen molar-refractivity contribution in [1.82, 2.24) is 0 Å². The molecule has 9 rings (SSSR count). The number of hydrogen-bond acceptors (Lipinski definition) is 4. The predicted molar refractivity (Wildman–Crippen MR) is 151 cm³/mol. The van der Waals surface area contributed by atoms with E-state index in [4.69, 9.17) is 0 Å². The number of hydrogen-bond donors (Lipinski definition) is 0. The minimum atomic E-state index is -0.662. The lowest BCUT2D eigenvalue weighted by Gasteiger charge is -2.38. The Kier molecular flexibility index (Phi) is 4.34. The van der Waals surface area contributed by atoms with Crippen LogP contribution in [0.15, 0.2) is 103 Å². The Morgan fingerprint density at radius 3 is 1.12 bits per heavy atom. The van der Waals surface area contributed by atoms with Gasteiger partial charge in [-0.25, -0.2) is 17.6 Å². The van der Waals surface area contributed by atoms with Gasteiger partial charge in [-0.2, -0.15) is 0 Å². The maximum Gasteiger partial charge on any atom is 0.128 e. The molecule has 0 radical (unpaired) electrons. The van der Waals surface area contributed by atoms with Crippen LogP contribution in [0.5, 0.6) is 0 Å². The summed E-state index contributed by atoms with van der Waals surface area (Å²) in [6, 6.07) is 29.0. The van der Waals surface area contributed by atoms with Crippen LogP contribution >= 0.6 is 0 Å². The van der Waals surface area contributed by atoms with E-state index in [1.807, 2.05) is 64.4 Å². The van der Waals surface area contributed by atoms with Crippen LogP contribution in [0.3, 0.4) is 0 Å². The van der Waals surface area contributed by atoms with E-state index in [1.165, 1.54) is 24.3 Å². The molecule has 5 aromatic carbocycles. The quantitative estimate of drug-likeness (QED) is 0.205. The van der Waals surface area contributed by atoms with Crippen LogP contribution < -0.4 is 19.6 Å². The summed E-state index contributed by atoms with van der Waals surface area (Å²) < 4.78 is 58.6. The summed E-state index contributed by atoms with van der Waals surface area (Å²) in [7, 11) is 0. The molecule has 2 unspecified atom stereocenters. The fourth-order valence-corrected chi connectivity index (χ4v) is 7.43. The number of rotatable bonds is 2. The molecule has 5 aromatic rings. The maximum atomic E-state index is 14.6. The van der Waals surface area contributed by atoms with E-state index >= 15 is 0 Å². The van der Waals surface area contributed by atoms with Crippen molar-refractivity contribution in [3.05, 3.63) is 132 Å². The van der Waals surface area contributed by atoms with Gasteiger partial charge in [0.05, 0.1) is 28.7 Å². The van der Waals surface area contributed by atoms with Crippen molar-refractivity contribution in [2.75, 3.05) is 19.6 Å². The first kappa shape index (κ1) is 22.8. The molecule has 0 aliphatic carbocycles. The molecule has 0 amide bonds. The highest BCUT2D eigenvalue weighted by Gasteiger charge is 2.61. The Bertz CT molecular complexity index is 1750. The van der Waals surface area contributed by atoms with Gasteiger partial charge in [0.15, 0.2) is 0 Å². The molecule has 4 aliphatic rings. The zero-order valence-corrected chi connectivity index (χ0v) is 21.3. The summed E-state index contributed by atoms with van der Waals surface area (Å²) in [5.41, 5.74) is 7.40. The average Bonchev–Trinajstić information content (AvgIpc) is 3.65. The highest BCUT2D eigenvalue weighted by atomic mass is 19.1. The standard InChI is InChI=1S/C33H20F4N4/c34-18-12-19(35)15-22(14-18)38-24-6-1-3-8-26(24)40-28-10-5-11-29-30(28)31(32(38)40)33-39(23-16-20(36)13-21(37)17-23)25-7-2-4-9-27(25)41(29)33/h1-17,31-33H. The van der Waals surface area contributed by atoms with E-state index in [0.717, 1.165) is 51.8 Å². The van der Waals surface area contributed by atoms with Crippen LogP contribution in [0.25, 0.3) is 0 Å². The lowest BCUT2D eigenvalue weighted by molar-refractivity contribution is 0.507. The van der Waals surface area contributed by atoms with Crippen LogP contribution in [0, 0.1) is 23.3 Å². The summed E-state index contributed by atoms with van der Waals surface area (Å²) in [6.07, 6.45) is -0.787. The van der Waals surface area contributed by atoms with Gasteiger partial charge in [0.25, 0.3) is 0 Å². The number of anilines is 8. The topological polar surface area (TPSA) is 13.0 Å². The Morgan fingerprint density at radius 1 is 0.390 bits per heavy atom. The largest absolute Gasteiger partial charge is 0.317 e. The third kappa shape index (κ3) is 2.89. The summed E-state index contributed by atoms with van der Waals surface area (Å²) in [5, 5.41) is 0. The van der Waals surface area contributed by atoms with Gasteiger partial charge in [-0.15, -0.1) is 0 Å². The van der Waals surface area contributed by atoms with Crippen LogP contribution in [-0.2, 0) is 0 Å². The van der Waals surface area contributed by atoms with Gasteiger partial charge in [0.2, 0.25) is 0 Å². The van der Waals surface area contributed by atoms with E-state index in [1.54, 1.807) is 0 Å². The number of benzene rings is 5. The van der Waals surface area contributed by atoms with E-state index in [-0.39, 0.29) is 5.92 Å². The Hall–Kier alpha value is -4.98. The van der Waals surface area contributed by atoms with Gasteiger partial charge < -0.3 is 19.6 Å². The summed E-state index contributed by atoms with van der Waals surface area (Å²) in [5.74, 6) is -2.90. The second-order valence-electron chi connectivity index (χ2n) is 10.8. The van der Waals surface area contributed by atoms with E-state index in [9.17, 15) is 17.6 Å². The first-order chi connectivity index (χ1) is 20.0. The first-order valence-electron chi connectivity index (χ1n) is 13.4. The fourth-order valence-electron chi connectivity index (χ4n) is 7.43. The first-order valence-corrected chi connectivity index (χ1v) is 13.4. The molecule has 0 N–H and O–H groups in total. The molecule has 0 bridgehead atoms. The number of halogens is 4. The Balaban J connectivity index is 1.32. The summed E-state index contributed by atoms with van der Waals surface area (Å²) in [6.45, 7) is 0. The summed E-state index contributed by atoms with van der Waals surface area (Å²) in [4.78, 5) is 8.44. The lowest BCUT2D eigenvalue weighted by Crippen LogP contribution is -2.48. The van der Waals surface area contributed by atoms with Crippen molar-refractivity contribution in [3.63, 3.8) is 0 Å². The van der Waals surface area contributed by atoms with Crippen molar-refractivity contribution in [3.8, 4) is 0 Å². The molecule has 8 heteroatoms. The Morgan fingerprint density at radius 2 is 0.732 bits per heavy atom. The third-order valence-electron chi connectivity index (χ3n) is 8.67. The van der Waals surface area contributed by atoms with Crippen LogP contribution in [0.1, 0.15) is 11.5 Å². The zero-order valence-electron chi connectivity index (χ0n) is 21.3. The van der Waals surface area contributed by atoms with Crippen LogP contribution in [-0.4, -0.2) is 12.3 Å². The maximum absolute atomic E-state index is 14.6. The predicted octanol–water partition coefficient (Wildman–Crippen LogP) is 8.59. The van der Waals surface area contributed by atoms with Crippen molar-refractivity contribution >= 4 is 45.5 Å². The molecule has 0 aromatic heterocycles. The number of para-hydroxylation sites is 4. The molecule has 0 saturated carbocycles. The molecule has 0 spiro atoms. The van der Waals surface area contributed by atoms with Gasteiger partial charge in [0.1, 0.15) is 35.6 Å². The Labute approximate surface area is 232 Å². The van der Waals surface area contributed by atoms with Crippen molar-refractivity contribution < 1.29 is 17.6 Å². The van der Waals surface area contributed by atoms with Gasteiger partial charge in [0, 0.05) is 40.4 Å².